The Balaban J connectivity index is 1.47. The molecule has 0 fully saturated rings. The third-order valence-electron chi connectivity index (χ3n) is 6.82. The van der Waals surface area contributed by atoms with Crippen molar-refractivity contribution in [3.05, 3.63) is 129 Å². The first-order valence-electron chi connectivity index (χ1n) is 13.8. The lowest BCUT2D eigenvalue weighted by Crippen LogP contribution is -2.39. The molecule has 1 aromatic heterocycles. The highest BCUT2D eigenvalue weighted by molar-refractivity contribution is 9.10. The number of hydrogen-bond donors (Lipinski definition) is 0. The van der Waals surface area contributed by atoms with Crippen molar-refractivity contribution in [1.29, 1.82) is 0 Å². The van der Waals surface area contributed by atoms with Gasteiger partial charge in [-0.3, -0.25) is 19.5 Å². The van der Waals surface area contributed by atoms with Crippen LogP contribution in [0.4, 0.5) is 5.69 Å². The molecule has 0 bridgehead atoms. The molecule has 0 N–H and O–H groups in total. The van der Waals surface area contributed by atoms with Gasteiger partial charge in [0.1, 0.15) is 18.1 Å². The van der Waals surface area contributed by atoms with Crippen LogP contribution in [0, 0.1) is 10.1 Å². The number of allylic oxidation sites excluding steroid dienone is 1. The molecule has 5 rings (SSSR count). The summed E-state index contributed by atoms with van der Waals surface area (Å²) < 4.78 is 19.5. The number of carbonyl (C=O) groups is 1. The zero-order chi connectivity index (χ0) is 31.4. The van der Waals surface area contributed by atoms with Gasteiger partial charge in [0.25, 0.3) is 11.2 Å². The van der Waals surface area contributed by atoms with Gasteiger partial charge in [0, 0.05) is 12.1 Å². The number of ether oxygens (including phenoxy) is 3. The average molecular weight is 679 g/mol. The third-order valence-corrected chi connectivity index (χ3v) is 8.42. The molecule has 0 radical (unpaired) electrons. The van der Waals surface area contributed by atoms with E-state index in [4.69, 9.17) is 14.2 Å². The van der Waals surface area contributed by atoms with Crippen LogP contribution in [0.15, 0.2) is 92.3 Å². The van der Waals surface area contributed by atoms with Crippen LogP contribution in [0.25, 0.3) is 6.08 Å². The number of thiazole rings is 1. The second kappa shape index (κ2) is 13.4. The van der Waals surface area contributed by atoms with Crippen molar-refractivity contribution >= 4 is 45.0 Å². The van der Waals surface area contributed by atoms with E-state index in [1.54, 1.807) is 42.7 Å². The lowest BCUT2D eigenvalue weighted by atomic mass is 9.96. The maximum Gasteiger partial charge on any atom is 0.338 e. The smallest absolute Gasteiger partial charge is 0.338 e. The molecule has 4 aromatic rings. The number of benzene rings is 3. The lowest BCUT2D eigenvalue weighted by Gasteiger charge is -2.24. The first kappa shape index (κ1) is 30.9. The number of non-ortho nitro benzene ring substituents is 1. The zero-order valence-electron chi connectivity index (χ0n) is 24.1. The minimum atomic E-state index is -0.718. The predicted molar refractivity (Wildman–Crippen MR) is 170 cm³/mol. The molecule has 0 saturated heterocycles. The topological polar surface area (TPSA) is 122 Å². The van der Waals surface area contributed by atoms with Crippen molar-refractivity contribution in [2.45, 2.75) is 33.4 Å². The summed E-state index contributed by atoms with van der Waals surface area (Å²) in [5, 5.41) is 10.9. The van der Waals surface area contributed by atoms with E-state index in [9.17, 15) is 19.7 Å². The Hall–Kier alpha value is -4.55. The van der Waals surface area contributed by atoms with E-state index in [1.807, 2.05) is 43.3 Å². The van der Waals surface area contributed by atoms with Crippen LogP contribution in [0.2, 0.25) is 0 Å². The molecule has 0 unspecified atom stereocenters. The Morgan fingerprint density at radius 2 is 1.80 bits per heavy atom. The fourth-order valence-corrected chi connectivity index (χ4v) is 6.33. The van der Waals surface area contributed by atoms with Crippen molar-refractivity contribution < 1.29 is 23.9 Å². The first-order valence-corrected chi connectivity index (χ1v) is 15.4. The highest BCUT2D eigenvalue weighted by atomic mass is 79.9. The van der Waals surface area contributed by atoms with Gasteiger partial charge < -0.3 is 14.2 Å². The second-order valence-corrected chi connectivity index (χ2v) is 11.6. The largest absolute Gasteiger partial charge is 0.494 e. The molecule has 226 valence electrons. The number of nitro benzene ring substituents is 1. The standard InChI is InChI=1S/C32H28BrN3O7S/c1-4-41-24-13-9-22(10-14-24)29-28(31(38)42-5-2)19(3)34-32-35(29)30(37)27(44-32)17-21-8-15-26(25(33)16-21)43-18-20-6-11-23(12-7-20)36(39)40/h6-17,29H,4-5,18H2,1-3H3/b27-17-/t29-/m0/s1. The molecule has 1 atom stereocenters. The molecule has 0 aliphatic carbocycles. The minimum absolute atomic E-state index is 0.0163. The minimum Gasteiger partial charge on any atom is -0.494 e. The van der Waals surface area contributed by atoms with Gasteiger partial charge in [-0.2, -0.15) is 0 Å². The normalized spacial score (nSPS) is 14.5. The van der Waals surface area contributed by atoms with Gasteiger partial charge in [-0.05, 0) is 95.9 Å². The molecule has 10 nitrogen and oxygen atoms in total. The summed E-state index contributed by atoms with van der Waals surface area (Å²) >= 11 is 4.78. The number of esters is 1. The highest BCUT2D eigenvalue weighted by Crippen LogP contribution is 2.32. The zero-order valence-corrected chi connectivity index (χ0v) is 26.5. The fourth-order valence-electron chi connectivity index (χ4n) is 4.77. The quantitative estimate of drug-likeness (QED) is 0.124. The molecular weight excluding hydrogens is 650 g/mol. The van der Waals surface area contributed by atoms with E-state index in [0.29, 0.717) is 43.2 Å². The van der Waals surface area contributed by atoms with Gasteiger partial charge in [-0.1, -0.05) is 29.5 Å². The number of aromatic nitrogens is 1. The molecule has 2 heterocycles. The number of carbonyl (C=O) groups excluding carboxylic acids is 1. The number of rotatable bonds is 10. The number of halogens is 1. The van der Waals surface area contributed by atoms with Crippen LogP contribution < -0.4 is 24.4 Å². The average Bonchev–Trinajstić information content (AvgIpc) is 3.30. The van der Waals surface area contributed by atoms with Crippen molar-refractivity contribution in [3.63, 3.8) is 0 Å². The summed E-state index contributed by atoms with van der Waals surface area (Å²) in [7, 11) is 0. The fraction of sp³-hybridized carbons (Fsp3) is 0.219. The monoisotopic (exact) mass is 677 g/mol. The number of hydrogen-bond acceptors (Lipinski definition) is 9. The summed E-state index contributed by atoms with van der Waals surface area (Å²) in [5.74, 6) is 0.745. The molecule has 44 heavy (non-hydrogen) atoms. The molecule has 1 aliphatic rings. The molecule has 0 amide bonds. The maximum atomic E-state index is 13.9. The van der Waals surface area contributed by atoms with Crippen LogP contribution in [0.3, 0.4) is 0 Å². The van der Waals surface area contributed by atoms with Crippen molar-refractivity contribution in [2.24, 2.45) is 4.99 Å². The Kier molecular flexibility index (Phi) is 9.40. The second-order valence-electron chi connectivity index (χ2n) is 9.71. The predicted octanol–water partition coefficient (Wildman–Crippen LogP) is 5.45. The first-order chi connectivity index (χ1) is 21.2. The van der Waals surface area contributed by atoms with E-state index in [2.05, 4.69) is 20.9 Å². The number of nitrogens with zero attached hydrogens (tertiary/aromatic N) is 3. The van der Waals surface area contributed by atoms with Gasteiger partial charge in [-0.25, -0.2) is 9.79 Å². The molecule has 3 aromatic carbocycles. The van der Waals surface area contributed by atoms with Gasteiger partial charge >= 0.3 is 5.97 Å². The van der Waals surface area contributed by atoms with E-state index in [-0.39, 0.29) is 24.5 Å². The van der Waals surface area contributed by atoms with Crippen LogP contribution in [0.5, 0.6) is 11.5 Å². The maximum absolute atomic E-state index is 13.9. The van der Waals surface area contributed by atoms with Gasteiger partial charge in [-0.15, -0.1) is 0 Å². The molecule has 0 saturated carbocycles. The van der Waals surface area contributed by atoms with Crippen molar-refractivity contribution in [3.8, 4) is 11.5 Å². The lowest BCUT2D eigenvalue weighted by molar-refractivity contribution is -0.384. The Morgan fingerprint density at radius 1 is 1.07 bits per heavy atom. The van der Waals surface area contributed by atoms with Gasteiger partial charge in [0.2, 0.25) is 0 Å². The van der Waals surface area contributed by atoms with E-state index in [1.165, 1.54) is 23.5 Å². The SMILES string of the molecule is CCOC(=O)C1=C(C)N=c2s/c(=C\c3ccc(OCc4ccc([N+](=O)[O-])cc4)c(Br)c3)c(=O)n2[C@H]1c1ccc(OCC)cc1. The summed E-state index contributed by atoms with van der Waals surface area (Å²) in [5.41, 5.74) is 2.81. The van der Waals surface area contributed by atoms with Gasteiger partial charge in [0.15, 0.2) is 4.80 Å². The Labute approximate surface area is 264 Å². The van der Waals surface area contributed by atoms with Gasteiger partial charge in [0.05, 0.1) is 44.5 Å². The van der Waals surface area contributed by atoms with Crippen LogP contribution in [-0.4, -0.2) is 28.7 Å². The summed E-state index contributed by atoms with van der Waals surface area (Å²) in [4.78, 5) is 42.5. The van der Waals surface area contributed by atoms with E-state index in [0.717, 1.165) is 16.7 Å². The Morgan fingerprint density at radius 3 is 2.43 bits per heavy atom. The van der Waals surface area contributed by atoms with Crippen molar-refractivity contribution in [1.82, 2.24) is 4.57 Å². The third kappa shape index (κ3) is 6.51. The summed E-state index contributed by atoms with van der Waals surface area (Å²) in [6.45, 7) is 6.32. The molecule has 0 spiro atoms. The summed E-state index contributed by atoms with van der Waals surface area (Å²) in [6, 6.07) is 18.2. The molecule has 1 aliphatic heterocycles. The van der Waals surface area contributed by atoms with Crippen molar-refractivity contribution in [2.75, 3.05) is 13.2 Å². The number of nitro groups is 1. The number of fused-ring (bicyclic) bond motifs is 1. The van der Waals surface area contributed by atoms with Crippen LogP contribution >= 0.6 is 27.3 Å². The molecular formula is C32H28BrN3O7S. The van der Waals surface area contributed by atoms with E-state index >= 15 is 0 Å². The summed E-state index contributed by atoms with van der Waals surface area (Å²) in [6.07, 6.45) is 1.77. The highest BCUT2D eigenvalue weighted by Gasteiger charge is 2.33. The Bertz CT molecular complexity index is 1930. The van der Waals surface area contributed by atoms with E-state index < -0.39 is 16.9 Å². The molecule has 12 heteroatoms. The van der Waals surface area contributed by atoms with Crippen LogP contribution in [0.1, 0.15) is 43.5 Å². The van der Waals surface area contributed by atoms with Crippen LogP contribution in [-0.2, 0) is 16.1 Å².